The maximum atomic E-state index is 14.1. The van der Waals surface area contributed by atoms with E-state index in [2.05, 4.69) is 35.1 Å². The average molecular weight is 356 g/mol. The second-order valence-electron chi connectivity index (χ2n) is 6.52. The molecule has 1 aliphatic carbocycles. The van der Waals surface area contributed by atoms with Crippen molar-refractivity contribution in [2.45, 2.75) is 64.8 Å². The van der Waals surface area contributed by atoms with E-state index in [1.165, 1.54) is 32.1 Å². The summed E-state index contributed by atoms with van der Waals surface area (Å²) < 4.78 is 15.1. The molecule has 1 saturated carbocycles. The molecular weight excluding hydrogens is 329 g/mol. The first-order valence-electron chi connectivity index (χ1n) is 8.26. The summed E-state index contributed by atoms with van der Waals surface area (Å²) in [5.41, 5.74) is 1.03. The van der Waals surface area contributed by atoms with Crippen LogP contribution in [-0.4, -0.2) is 12.6 Å². The van der Waals surface area contributed by atoms with Gasteiger partial charge < -0.3 is 5.32 Å². The highest BCUT2D eigenvalue weighted by Gasteiger charge is 2.31. The van der Waals surface area contributed by atoms with Crippen molar-refractivity contribution in [3.05, 3.63) is 34.1 Å². The van der Waals surface area contributed by atoms with Crippen LogP contribution in [0, 0.1) is 11.2 Å². The number of benzene rings is 1. The topological polar surface area (TPSA) is 12.0 Å². The zero-order chi connectivity index (χ0) is 15.3. The summed E-state index contributed by atoms with van der Waals surface area (Å²) in [6.07, 6.45) is 8.12. The predicted octanol–water partition coefficient (Wildman–Crippen LogP) is 5.47. The first-order valence-corrected chi connectivity index (χ1v) is 9.05. The maximum absolute atomic E-state index is 14.1. The summed E-state index contributed by atoms with van der Waals surface area (Å²) in [5.74, 6) is -0.0704. The molecular formula is C18H27BrFN. The van der Waals surface area contributed by atoms with Gasteiger partial charge in [-0.2, -0.15) is 0 Å². The van der Waals surface area contributed by atoms with Crippen molar-refractivity contribution in [2.24, 2.45) is 5.41 Å². The number of halogens is 2. The molecule has 1 atom stereocenters. The van der Waals surface area contributed by atoms with Crippen molar-refractivity contribution in [1.82, 2.24) is 5.32 Å². The normalized spacial score (nSPS) is 17.7. The summed E-state index contributed by atoms with van der Waals surface area (Å²) in [4.78, 5) is 0. The van der Waals surface area contributed by atoms with Gasteiger partial charge in [-0.25, -0.2) is 4.39 Å². The maximum Gasteiger partial charge on any atom is 0.126 e. The summed E-state index contributed by atoms with van der Waals surface area (Å²) in [7, 11) is 0. The van der Waals surface area contributed by atoms with Gasteiger partial charge in [0.1, 0.15) is 5.82 Å². The largest absolute Gasteiger partial charge is 0.313 e. The predicted molar refractivity (Wildman–Crippen MR) is 91.1 cm³/mol. The number of rotatable bonds is 9. The molecule has 1 aromatic carbocycles. The van der Waals surface area contributed by atoms with Gasteiger partial charge in [-0.1, -0.05) is 42.6 Å². The first kappa shape index (κ1) is 17.0. The van der Waals surface area contributed by atoms with Crippen LogP contribution in [0.3, 0.4) is 0 Å². The smallest absolute Gasteiger partial charge is 0.126 e. The molecule has 0 amide bonds. The second-order valence-corrected chi connectivity index (χ2v) is 7.44. The zero-order valence-corrected chi connectivity index (χ0v) is 14.8. The van der Waals surface area contributed by atoms with Crippen LogP contribution in [0.1, 0.15) is 57.9 Å². The van der Waals surface area contributed by atoms with E-state index in [4.69, 9.17) is 0 Å². The molecule has 21 heavy (non-hydrogen) atoms. The highest BCUT2D eigenvalue weighted by molar-refractivity contribution is 9.10. The summed E-state index contributed by atoms with van der Waals surface area (Å²) in [6, 6.07) is 6.02. The van der Waals surface area contributed by atoms with E-state index in [9.17, 15) is 4.39 Å². The number of hydrogen-bond acceptors (Lipinski definition) is 1. The third kappa shape index (κ3) is 5.07. The number of nitrogens with one attached hydrogen (secondary N) is 1. The van der Waals surface area contributed by atoms with Gasteiger partial charge in [-0.15, -0.1) is 0 Å². The molecule has 0 spiro atoms. The Hall–Kier alpha value is -0.410. The highest BCUT2D eigenvalue weighted by atomic mass is 79.9. The van der Waals surface area contributed by atoms with Crippen LogP contribution in [0.5, 0.6) is 0 Å². The molecule has 0 heterocycles. The van der Waals surface area contributed by atoms with E-state index in [1.807, 2.05) is 6.07 Å². The van der Waals surface area contributed by atoms with Gasteiger partial charge in [-0.3, -0.25) is 0 Å². The molecule has 1 nitrogen and oxygen atoms in total. The van der Waals surface area contributed by atoms with Gasteiger partial charge in [0.05, 0.1) is 0 Å². The Labute approximate surface area is 136 Å². The Morgan fingerprint density at radius 2 is 2.10 bits per heavy atom. The highest BCUT2D eigenvalue weighted by Crippen LogP contribution is 2.35. The molecule has 1 N–H and O–H groups in total. The van der Waals surface area contributed by atoms with Crippen LogP contribution in [-0.2, 0) is 6.42 Å². The fraction of sp³-hybridized carbons (Fsp3) is 0.667. The lowest BCUT2D eigenvalue weighted by molar-refractivity contribution is 0.225. The molecule has 3 heteroatoms. The van der Waals surface area contributed by atoms with Crippen LogP contribution in [0.15, 0.2) is 22.7 Å². The van der Waals surface area contributed by atoms with Crippen molar-refractivity contribution >= 4 is 15.9 Å². The van der Waals surface area contributed by atoms with Crippen molar-refractivity contribution < 1.29 is 4.39 Å². The van der Waals surface area contributed by atoms with Gasteiger partial charge in [0.15, 0.2) is 0 Å². The molecule has 1 fully saturated rings. The average Bonchev–Trinajstić information content (AvgIpc) is 3.30. The fourth-order valence-corrected chi connectivity index (χ4v) is 3.36. The Kier molecular flexibility index (Phi) is 6.24. The molecule has 0 bridgehead atoms. The van der Waals surface area contributed by atoms with Crippen LogP contribution in [0.25, 0.3) is 0 Å². The quantitative estimate of drug-likeness (QED) is 0.619. The zero-order valence-electron chi connectivity index (χ0n) is 13.2. The lowest BCUT2D eigenvalue weighted by atomic mass is 9.75. The van der Waals surface area contributed by atoms with Gasteiger partial charge in [-0.05, 0) is 61.3 Å². The second kappa shape index (κ2) is 7.73. The summed E-state index contributed by atoms with van der Waals surface area (Å²) in [6.45, 7) is 5.49. The van der Waals surface area contributed by atoms with Gasteiger partial charge in [0, 0.05) is 17.1 Å². The minimum Gasteiger partial charge on any atom is -0.313 e. The van der Waals surface area contributed by atoms with Crippen LogP contribution < -0.4 is 5.32 Å². The summed E-state index contributed by atoms with van der Waals surface area (Å²) >= 11 is 3.47. The minimum absolute atomic E-state index is 0.0704. The third-order valence-corrected chi connectivity index (χ3v) is 5.22. The van der Waals surface area contributed by atoms with Gasteiger partial charge >= 0.3 is 0 Å². The van der Waals surface area contributed by atoms with Crippen molar-refractivity contribution in [3.8, 4) is 0 Å². The van der Waals surface area contributed by atoms with Crippen molar-refractivity contribution in [1.29, 1.82) is 0 Å². The molecule has 1 aromatic rings. The van der Waals surface area contributed by atoms with Crippen molar-refractivity contribution in [3.63, 3.8) is 0 Å². The van der Waals surface area contributed by atoms with E-state index in [1.54, 1.807) is 12.1 Å². The Balaban J connectivity index is 2.13. The molecule has 0 saturated heterocycles. The van der Waals surface area contributed by atoms with E-state index in [0.29, 0.717) is 6.04 Å². The molecule has 0 aliphatic heterocycles. The van der Waals surface area contributed by atoms with E-state index in [0.717, 1.165) is 29.4 Å². The third-order valence-electron chi connectivity index (χ3n) is 4.73. The molecule has 2 rings (SSSR count). The van der Waals surface area contributed by atoms with Crippen molar-refractivity contribution in [2.75, 3.05) is 6.54 Å². The summed E-state index contributed by atoms with van der Waals surface area (Å²) in [5, 5.41) is 3.68. The Morgan fingerprint density at radius 1 is 1.33 bits per heavy atom. The standard InChI is InChI=1S/C18H27BrFN/c1-3-5-10-18(4-2,13-21-16-7-8-16)12-14-11-15(19)6-9-17(14)20/h6,9,11,16,21H,3-5,7-8,10,12-13H2,1-2H3. The monoisotopic (exact) mass is 355 g/mol. The molecule has 1 unspecified atom stereocenters. The van der Waals surface area contributed by atoms with Gasteiger partial charge in [0.25, 0.3) is 0 Å². The molecule has 0 radical (unpaired) electrons. The molecule has 0 aromatic heterocycles. The lowest BCUT2D eigenvalue weighted by Crippen LogP contribution is -2.37. The number of unbranched alkanes of at least 4 members (excludes halogenated alkanes) is 1. The van der Waals surface area contributed by atoms with E-state index >= 15 is 0 Å². The lowest BCUT2D eigenvalue weighted by Gasteiger charge is -2.34. The van der Waals surface area contributed by atoms with Gasteiger partial charge in [0.2, 0.25) is 0 Å². The van der Waals surface area contributed by atoms with Crippen LogP contribution >= 0.6 is 15.9 Å². The Bertz CT molecular complexity index is 459. The van der Waals surface area contributed by atoms with E-state index < -0.39 is 0 Å². The minimum atomic E-state index is -0.0704. The van der Waals surface area contributed by atoms with E-state index in [-0.39, 0.29) is 11.2 Å². The number of hydrogen-bond donors (Lipinski definition) is 1. The molecule has 1 aliphatic rings. The molecule has 118 valence electrons. The Morgan fingerprint density at radius 3 is 2.71 bits per heavy atom. The SMILES string of the molecule is CCCCC(CC)(CNC1CC1)Cc1cc(Br)ccc1F. The first-order chi connectivity index (χ1) is 10.1. The fourth-order valence-electron chi connectivity index (χ4n) is 2.95. The van der Waals surface area contributed by atoms with Crippen LogP contribution in [0.4, 0.5) is 4.39 Å². The van der Waals surface area contributed by atoms with Crippen LogP contribution in [0.2, 0.25) is 0 Å².